The lowest BCUT2D eigenvalue weighted by Crippen LogP contribution is -2.26. The summed E-state index contributed by atoms with van der Waals surface area (Å²) in [5.41, 5.74) is 1.30. The first kappa shape index (κ1) is 12.9. The van der Waals surface area contributed by atoms with Gasteiger partial charge in [0, 0.05) is 37.3 Å². The zero-order valence-electron chi connectivity index (χ0n) is 11.9. The van der Waals surface area contributed by atoms with Crippen molar-refractivity contribution in [3.8, 4) is 0 Å². The zero-order valence-corrected chi connectivity index (χ0v) is 12.7. The van der Waals surface area contributed by atoms with Crippen LogP contribution in [0.5, 0.6) is 0 Å². The topological polar surface area (TPSA) is 32.6 Å². The Hall–Kier alpha value is -1.07. The second-order valence-corrected chi connectivity index (χ2v) is 6.69. The largest absolute Gasteiger partial charge is 0.355 e. The Kier molecular flexibility index (Phi) is 3.50. The van der Waals surface area contributed by atoms with E-state index in [2.05, 4.69) is 47.0 Å². The lowest BCUT2D eigenvalue weighted by atomic mass is 10.2. The van der Waals surface area contributed by atoms with E-state index in [4.69, 9.17) is 4.98 Å². The standard InChI is InChI=1S/C14H22N4S/c1-10(2)15-8-12-13(17-5-4-11(3)9-17)16-14-18(12)6-7-19-14/h6-7,10-11,15H,4-5,8-9H2,1-3H3. The van der Waals surface area contributed by atoms with Crippen LogP contribution in [0.15, 0.2) is 11.6 Å². The highest BCUT2D eigenvalue weighted by atomic mass is 32.1. The smallest absolute Gasteiger partial charge is 0.195 e. The molecule has 3 rings (SSSR count). The zero-order chi connectivity index (χ0) is 13.4. The van der Waals surface area contributed by atoms with E-state index in [9.17, 15) is 0 Å². The van der Waals surface area contributed by atoms with Gasteiger partial charge in [0.15, 0.2) is 10.8 Å². The molecule has 2 aromatic heterocycles. The van der Waals surface area contributed by atoms with Crippen LogP contribution in [0.1, 0.15) is 32.9 Å². The Morgan fingerprint density at radius 2 is 2.37 bits per heavy atom. The first-order chi connectivity index (χ1) is 9.15. The van der Waals surface area contributed by atoms with Crippen molar-refractivity contribution in [3.05, 3.63) is 17.3 Å². The molecule has 19 heavy (non-hydrogen) atoms. The number of fused-ring (bicyclic) bond motifs is 1. The molecule has 1 aliphatic heterocycles. The fourth-order valence-corrected chi connectivity index (χ4v) is 3.39. The molecule has 1 aliphatic rings. The van der Waals surface area contributed by atoms with Gasteiger partial charge in [-0.15, -0.1) is 11.3 Å². The molecule has 0 aliphatic carbocycles. The number of thiazole rings is 1. The minimum Gasteiger partial charge on any atom is -0.355 e. The fraction of sp³-hybridized carbons (Fsp3) is 0.643. The molecule has 0 radical (unpaired) electrons. The van der Waals surface area contributed by atoms with Crippen LogP contribution < -0.4 is 10.2 Å². The quantitative estimate of drug-likeness (QED) is 0.933. The first-order valence-corrected chi connectivity index (χ1v) is 7.96. The van der Waals surface area contributed by atoms with Gasteiger partial charge in [-0.25, -0.2) is 4.98 Å². The molecule has 1 saturated heterocycles. The molecule has 1 fully saturated rings. The number of aromatic nitrogens is 2. The molecule has 0 spiro atoms. The number of hydrogen-bond acceptors (Lipinski definition) is 4. The lowest BCUT2D eigenvalue weighted by Gasteiger charge is -2.18. The maximum Gasteiger partial charge on any atom is 0.195 e. The van der Waals surface area contributed by atoms with E-state index in [0.29, 0.717) is 6.04 Å². The van der Waals surface area contributed by atoms with Crippen molar-refractivity contribution in [2.24, 2.45) is 5.92 Å². The van der Waals surface area contributed by atoms with Crippen molar-refractivity contribution in [1.29, 1.82) is 0 Å². The third-order valence-electron chi connectivity index (χ3n) is 3.74. The summed E-state index contributed by atoms with van der Waals surface area (Å²) in [7, 11) is 0. The van der Waals surface area contributed by atoms with Gasteiger partial charge in [-0.3, -0.25) is 4.40 Å². The van der Waals surface area contributed by atoms with Crippen molar-refractivity contribution >= 4 is 22.1 Å². The van der Waals surface area contributed by atoms with Gasteiger partial charge in [-0.2, -0.15) is 0 Å². The van der Waals surface area contributed by atoms with E-state index in [1.807, 2.05) is 0 Å². The molecule has 3 heterocycles. The van der Waals surface area contributed by atoms with Gasteiger partial charge >= 0.3 is 0 Å². The SMILES string of the molecule is CC1CCN(c2nc3sccn3c2CNC(C)C)C1. The van der Waals surface area contributed by atoms with Gasteiger partial charge in [0.1, 0.15) is 0 Å². The molecule has 104 valence electrons. The second kappa shape index (κ2) is 5.13. The summed E-state index contributed by atoms with van der Waals surface area (Å²) < 4.78 is 2.23. The minimum atomic E-state index is 0.495. The van der Waals surface area contributed by atoms with Gasteiger partial charge in [0.25, 0.3) is 0 Å². The van der Waals surface area contributed by atoms with Crippen LogP contribution >= 0.6 is 11.3 Å². The monoisotopic (exact) mass is 278 g/mol. The fourth-order valence-electron chi connectivity index (χ4n) is 2.67. The van der Waals surface area contributed by atoms with Crippen molar-refractivity contribution in [2.75, 3.05) is 18.0 Å². The van der Waals surface area contributed by atoms with Gasteiger partial charge in [0.05, 0.1) is 5.69 Å². The molecule has 2 aromatic rings. The van der Waals surface area contributed by atoms with Crippen molar-refractivity contribution in [1.82, 2.24) is 14.7 Å². The summed E-state index contributed by atoms with van der Waals surface area (Å²) in [6.07, 6.45) is 3.41. The Balaban J connectivity index is 1.93. The van der Waals surface area contributed by atoms with E-state index < -0.39 is 0 Å². The predicted molar refractivity (Wildman–Crippen MR) is 81.0 cm³/mol. The van der Waals surface area contributed by atoms with E-state index >= 15 is 0 Å². The summed E-state index contributed by atoms with van der Waals surface area (Å²) in [5, 5.41) is 5.63. The van der Waals surface area contributed by atoms with Crippen LogP contribution in [0, 0.1) is 5.92 Å². The van der Waals surface area contributed by atoms with Crippen molar-refractivity contribution in [3.63, 3.8) is 0 Å². The minimum absolute atomic E-state index is 0.495. The highest BCUT2D eigenvalue weighted by Crippen LogP contribution is 2.29. The molecular weight excluding hydrogens is 256 g/mol. The van der Waals surface area contributed by atoms with Gasteiger partial charge in [-0.1, -0.05) is 20.8 Å². The van der Waals surface area contributed by atoms with Crippen molar-refractivity contribution < 1.29 is 0 Å². The van der Waals surface area contributed by atoms with Gasteiger partial charge in [-0.05, 0) is 12.3 Å². The number of hydrogen-bond donors (Lipinski definition) is 1. The average molecular weight is 278 g/mol. The third kappa shape index (κ3) is 2.49. The summed E-state index contributed by atoms with van der Waals surface area (Å²) in [6, 6.07) is 0.495. The normalized spacial score (nSPS) is 20.0. The molecule has 1 atom stereocenters. The molecule has 0 bridgehead atoms. The Morgan fingerprint density at radius 3 is 3.05 bits per heavy atom. The Morgan fingerprint density at radius 1 is 1.53 bits per heavy atom. The van der Waals surface area contributed by atoms with Crippen LogP contribution in [0.25, 0.3) is 4.96 Å². The number of imidazole rings is 1. The molecule has 0 amide bonds. The first-order valence-electron chi connectivity index (χ1n) is 7.08. The summed E-state index contributed by atoms with van der Waals surface area (Å²) in [4.78, 5) is 8.39. The van der Waals surface area contributed by atoms with E-state index in [1.54, 1.807) is 11.3 Å². The predicted octanol–water partition coefficient (Wildman–Crippen LogP) is 2.74. The maximum atomic E-state index is 4.83. The summed E-state index contributed by atoms with van der Waals surface area (Å²) in [6.45, 7) is 9.85. The van der Waals surface area contributed by atoms with E-state index in [0.717, 1.165) is 30.5 Å². The highest BCUT2D eigenvalue weighted by molar-refractivity contribution is 7.15. The molecule has 4 nitrogen and oxygen atoms in total. The van der Waals surface area contributed by atoms with Crippen LogP contribution in [0.4, 0.5) is 5.82 Å². The second-order valence-electron chi connectivity index (χ2n) is 5.81. The van der Waals surface area contributed by atoms with Gasteiger partial charge < -0.3 is 10.2 Å². The number of nitrogens with zero attached hydrogens (tertiary/aromatic N) is 3. The summed E-state index contributed by atoms with van der Waals surface area (Å²) >= 11 is 1.71. The molecule has 5 heteroatoms. The number of nitrogens with one attached hydrogen (secondary N) is 1. The lowest BCUT2D eigenvalue weighted by molar-refractivity contribution is 0.579. The summed E-state index contributed by atoms with van der Waals surface area (Å²) in [5.74, 6) is 1.97. The molecular formula is C14H22N4S. The van der Waals surface area contributed by atoms with Crippen LogP contribution in [0.3, 0.4) is 0 Å². The van der Waals surface area contributed by atoms with E-state index in [-0.39, 0.29) is 0 Å². The molecule has 1 N–H and O–H groups in total. The van der Waals surface area contributed by atoms with Crippen LogP contribution in [0.2, 0.25) is 0 Å². The third-order valence-corrected chi connectivity index (χ3v) is 4.50. The average Bonchev–Trinajstić information content (AvgIpc) is 3.00. The molecule has 0 saturated carbocycles. The highest BCUT2D eigenvalue weighted by Gasteiger charge is 2.24. The van der Waals surface area contributed by atoms with Crippen molar-refractivity contribution in [2.45, 2.75) is 39.8 Å². The molecule has 0 aromatic carbocycles. The molecule has 1 unspecified atom stereocenters. The van der Waals surface area contributed by atoms with Crippen LogP contribution in [-0.2, 0) is 6.54 Å². The van der Waals surface area contributed by atoms with E-state index in [1.165, 1.54) is 17.9 Å². The van der Waals surface area contributed by atoms with Gasteiger partial charge in [0.2, 0.25) is 0 Å². The maximum absolute atomic E-state index is 4.83. The van der Waals surface area contributed by atoms with Crippen LogP contribution in [-0.4, -0.2) is 28.5 Å². The number of anilines is 1. The number of rotatable bonds is 4. The Labute approximate surface area is 118 Å². The Bertz CT molecular complexity index is 557.